The van der Waals surface area contributed by atoms with Crippen LogP contribution in [0.2, 0.25) is 0 Å². The van der Waals surface area contributed by atoms with Crippen LogP contribution in [0.1, 0.15) is 12.5 Å². The fraction of sp³-hybridized carbons (Fsp3) is 0.227. The maximum Gasteiger partial charge on any atom is 0.276 e. The van der Waals surface area contributed by atoms with Crippen LogP contribution in [-0.4, -0.2) is 53.8 Å². The van der Waals surface area contributed by atoms with Gasteiger partial charge >= 0.3 is 0 Å². The first kappa shape index (κ1) is 18.0. The predicted octanol–water partition coefficient (Wildman–Crippen LogP) is 2.34. The van der Waals surface area contributed by atoms with Gasteiger partial charge in [-0.25, -0.2) is 4.99 Å². The summed E-state index contributed by atoms with van der Waals surface area (Å²) >= 11 is 0. The van der Waals surface area contributed by atoms with Gasteiger partial charge in [0.15, 0.2) is 0 Å². The van der Waals surface area contributed by atoms with Gasteiger partial charge in [-0.2, -0.15) is 0 Å². The molecule has 0 unspecified atom stereocenters. The first-order valence-electron chi connectivity index (χ1n) is 9.38. The van der Waals surface area contributed by atoms with Crippen molar-refractivity contribution in [3.05, 3.63) is 65.9 Å². The van der Waals surface area contributed by atoms with Crippen LogP contribution in [0.15, 0.2) is 65.3 Å². The summed E-state index contributed by atoms with van der Waals surface area (Å²) in [5.74, 6) is 0.452. The van der Waals surface area contributed by atoms with E-state index in [1.165, 1.54) is 0 Å². The highest BCUT2D eigenvalue weighted by Gasteiger charge is 2.27. The minimum atomic E-state index is -0.198. The van der Waals surface area contributed by atoms with E-state index in [0.29, 0.717) is 37.8 Å². The first-order valence-corrected chi connectivity index (χ1v) is 9.38. The standard InChI is InChI=1S/C22H22N4O2/c1-16(27)25-11-13-26(14-12-25)22-23-20(21(28)24-22)15-17-7-9-19(10-8-17)18-5-3-2-4-6-18/h2-10,15H,11-14H2,1H3,(H,23,24,28). The highest BCUT2D eigenvalue weighted by molar-refractivity contribution is 6.13. The van der Waals surface area contributed by atoms with Crippen LogP contribution in [0.3, 0.4) is 0 Å². The molecule has 1 N–H and O–H groups in total. The van der Waals surface area contributed by atoms with Crippen LogP contribution in [0, 0.1) is 0 Å². The lowest BCUT2D eigenvalue weighted by atomic mass is 10.0. The van der Waals surface area contributed by atoms with Crippen LogP contribution in [0.25, 0.3) is 17.2 Å². The van der Waals surface area contributed by atoms with E-state index < -0.39 is 0 Å². The molecule has 6 heteroatoms. The van der Waals surface area contributed by atoms with Crippen molar-refractivity contribution in [3.63, 3.8) is 0 Å². The third-order valence-corrected chi connectivity index (χ3v) is 5.03. The molecule has 0 saturated carbocycles. The molecule has 0 atom stereocenters. The van der Waals surface area contributed by atoms with Crippen molar-refractivity contribution < 1.29 is 9.59 Å². The monoisotopic (exact) mass is 374 g/mol. The van der Waals surface area contributed by atoms with Crippen LogP contribution in [0.5, 0.6) is 0 Å². The molecular formula is C22H22N4O2. The van der Waals surface area contributed by atoms with Crippen molar-refractivity contribution in [1.82, 2.24) is 15.1 Å². The van der Waals surface area contributed by atoms with Crippen molar-refractivity contribution in [3.8, 4) is 11.1 Å². The van der Waals surface area contributed by atoms with E-state index in [2.05, 4.69) is 22.4 Å². The Morgan fingerprint density at radius 2 is 1.61 bits per heavy atom. The fourth-order valence-electron chi connectivity index (χ4n) is 3.40. The average molecular weight is 374 g/mol. The Bertz CT molecular complexity index is 940. The minimum absolute atomic E-state index is 0.0802. The highest BCUT2D eigenvalue weighted by atomic mass is 16.2. The number of carbonyl (C=O) groups is 2. The molecule has 1 saturated heterocycles. The minimum Gasteiger partial charge on any atom is -0.339 e. The molecule has 1 fully saturated rings. The number of hydrogen-bond acceptors (Lipinski definition) is 4. The molecule has 0 aromatic heterocycles. The second-order valence-corrected chi connectivity index (χ2v) is 6.90. The molecule has 0 radical (unpaired) electrons. The van der Waals surface area contributed by atoms with Gasteiger partial charge in [-0.05, 0) is 22.8 Å². The molecule has 6 nitrogen and oxygen atoms in total. The van der Waals surface area contributed by atoms with E-state index in [1.807, 2.05) is 47.4 Å². The molecule has 2 aliphatic rings. The number of aliphatic imine (C=N–C) groups is 1. The molecule has 2 aliphatic heterocycles. The lowest BCUT2D eigenvalue weighted by molar-refractivity contribution is -0.130. The van der Waals surface area contributed by atoms with E-state index in [4.69, 9.17) is 0 Å². The zero-order valence-corrected chi connectivity index (χ0v) is 15.8. The average Bonchev–Trinajstić information content (AvgIpc) is 3.09. The number of hydrogen-bond donors (Lipinski definition) is 1. The van der Waals surface area contributed by atoms with Crippen LogP contribution < -0.4 is 5.32 Å². The number of benzene rings is 2. The maximum absolute atomic E-state index is 12.3. The quantitative estimate of drug-likeness (QED) is 0.821. The number of carbonyl (C=O) groups excluding carboxylic acids is 2. The van der Waals surface area contributed by atoms with E-state index in [1.54, 1.807) is 17.9 Å². The molecule has 4 rings (SSSR count). The third-order valence-electron chi connectivity index (χ3n) is 5.03. The van der Waals surface area contributed by atoms with Crippen LogP contribution in [0.4, 0.5) is 0 Å². The Hall–Kier alpha value is -3.41. The third kappa shape index (κ3) is 3.81. The van der Waals surface area contributed by atoms with Gasteiger partial charge in [-0.3, -0.25) is 14.9 Å². The van der Waals surface area contributed by atoms with Crippen molar-refractivity contribution >= 4 is 23.8 Å². The van der Waals surface area contributed by atoms with Gasteiger partial charge in [-0.15, -0.1) is 0 Å². The van der Waals surface area contributed by atoms with Gasteiger partial charge in [0.25, 0.3) is 5.91 Å². The Morgan fingerprint density at radius 1 is 0.964 bits per heavy atom. The topological polar surface area (TPSA) is 65.0 Å². The van der Waals surface area contributed by atoms with Gasteiger partial charge < -0.3 is 9.80 Å². The van der Waals surface area contributed by atoms with Gasteiger partial charge in [-0.1, -0.05) is 54.6 Å². The smallest absolute Gasteiger partial charge is 0.276 e. The summed E-state index contributed by atoms with van der Waals surface area (Å²) in [4.78, 5) is 32.0. The summed E-state index contributed by atoms with van der Waals surface area (Å²) in [6.45, 7) is 4.19. The number of amides is 2. The second kappa shape index (κ2) is 7.68. The predicted molar refractivity (Wildman–Crippen MR) is 109 cm³/mol. The first-order chi connectivity index (χ1) is 13.6. The number of nitrogens with one attached hydrogen (secondary N) is 1. The largest absolute Gasteiger partial charge is 0.339 e. The van der Waals surface area contributed by atoms with Crippen LogP contribution >= 0.6 is 0 Å². The molecule has 0 spiro atoms. The lowest BCUT2D eigenvalue weighted by Gasteiger charge is -2.34. The van der Waals surface area contributed by atoms with Crippen LogP contribution in [-0.2, 0) is 9.59 Å². The number of nitrogens with zero attached hydrogens (tertiary/aromatic N) is 3. The molecule has 2 amide bonds. The Kier molecular flexibility index (Phi) is 4.93. The van der Waals surface area contributed by atoms with Gasteiger partial charge in [0.2, 0.25) is 11.9 Å². The summed E-state index contributed by atoms with van der Waals surface area (Å²) in [6, 6.07) is 18.2. The lowest BCUT2D eigenvalue weighted by Crippen LogP contribution is -2.52. The molecule has 0 bridgehead atoms. The van der Waals surface area contributed by atoms with Crippen molar-refractivity contribution in [2.24, 2.45) is 4.99 Å². The van der Waals surface area contributed by atoms with E-state index in [0.717, 1.165) is 16.7 Å². The molecule has 142 valence electrons. The van der Waals surface area contributed by atoms with Crippen molar-refractivity contribution in [2.45, 2.75) is 6.92 Å². The Morgan fingerprint density at radius 3 is 2.25 bits per heavy atom. The summed E-state index contributed by atoms with van der Waals surface area (Å²) in [5.41, 5.74) is 3.61. The summed E-state index contributed by atoms with van der Waals surface area (Å²) < 4.78 is 0. The fourth-order valence-corrected chi connectivity index (χ4v) is 3.40. The Balaban J connectivity index is 1.47. The maximum atomic E-state index is 12.3. The zero-order valence-electron chi connectivity index (χ0n) is 15.8. The summed E-state index contributed by atoms with van der Waals surface area (Å²) in [7, 11) is 0. The molecular weight excluding hydrogens is 352 g/mol. The summed E-state index contributed by atoms with van der Waals surface area (Å²) in [5, 5.41) is 2.84. The van der Waals surface area contributed by atoms with E-state index in [9.17, 15) is 9.59 Å². The van der Waals surface area contributed by atoms with E-state index >= 15 is 0 Å². The number of rotatable bonds is 2. The normalized spacial score (nSPS) is 18.2. The number of guanidine groups is 1. The number of piperazine rings is 1. The SMILES string of the molecule is CC(=O)N1CCN(C2=NC(=Cc3ccc(-c4ccccc4)cc3)C(=O)N2)CC1. The Labute approximate surface area is 164 Å². The molecule has 0 aliphatic carbocycles. The molecule has 28 heavy (non-hydrogen) atoms. The van der Waals surface area contributed by atoms with Crippen molar-refractivity contribution in [2.75, 3.05) is 26.2 Å². The molecule has 2 heterocycles. The van der Waals surface area contributed by atoms with Gasteiger partial charge in [0.05, 0.1) is 0 Å². The molecule has 2 aromatic rings. The zero-order chi connectivity index (χ0) is 19.5. The van der Waals surface area contributed by atoms with Crippen molar-refractivity contribution in [1.29, 1.82) is 0 Å². The second-order valence-electron chi connectivity index (χ2n) is 6.90. The summed E-state index contributed by atoms with van der Waals surface area (Å²) in [6.07, 6.45) is 1.79. The molecule has 2 aromatic carbocycles. The van der Waals surface area contributed by atoms with Gasteiger partial charge in [0.1, 0.15) is 5.70 Å². The van der Waals surface area contributed by atoms with E-state index in [-0.39, 0.29) is 11.8 Å². The van der Waals surface area contributed by atoms with Gasteiger partial charge in [0, 0.05) is 33.1 Å². The highest BCUT2D eigenvalue weighted by Crippen LogP contribution is 2.21.